The second-order valence-electron chi connectivity index (χ2n) is 5.82. The predicted molar refractivity (Wildman–Crippen MR) is 92.3 cm³/mol. The van der Waals surface area contributed by atoms with Gasteiger partial charge in [-0.2, -0.15) is 0 Å². The molecule has 23 heavy (non-hydrogen) atoms. The zero-order valence-electron chi connectivity index (χ0n) is 13.1. The van der Waals surface area contributed by atoms with Crippen molar-refractivity contribution >= 4 is 11.6 Å². The molecule has 0 aliphatic heterocycles. The van der Waals surface area contributed by atoms with Crippen LogP contribution in [0.25, 0.3) is 0 Å². The summed E-state index contributed by atoms with van der Waals surface area (Å²) >= 11 is 0. The first kappa shape index (κ1) is 15.3. The van der Waals surface area contributed by atoms with E-state index >= 15 is 0 Å². The lowest BCUT2D eigenvalue weighted by Crippen LogP contribution is -2.14. The van der Waals surface area contributed by atoms with Gasteiger partial charge in [-0.3, -0.25) is 4.79 Å². The minimum Gasteiger partial charge on any atom is -0.489 e. The average molecular weight is 307 g/mol. The lowest BCUT2D eigenvalue weighted by Gasteiger charge is -2.10. The third-order valence-electron chi connectivity index (χ3n) is 3.95. The monoisotopic (exact) mass is 307 g/mol. The number of anilines is 1. The van der Waals surface area contributed by atoms with Crippen molar-refractivity contribution in [3.05, 3.63) is 72.3 Å². The molecule has 0 aromatic heterocycles. The van der Waals surface area contributed by atoms with Gasteiger partial charge >= 0.3 is 0 Å². The molecule has 1 atom stereocenters. The van der Waals surface area contributed by atoms with Crippen LogP contribution in [0.3, 0.4) is 0 Å². The molecule has 1 aliphatic carbocycles. The third kappa shape index (κ3) is 4.71. The molecule has 0 unspecified atom stereocenters. The smallest absolute Gasteiger partial charge is 0.224 e. The largest absolute Gasteiger partial charge is 0.489 e. The molecule has 3 heteroatoms. The molecule has 118 valence electrons. The van der Waals surface area contributed by atoms with Gasteiger partial charge in [-0.05, 0) is 48.6 Å². The topological polar surface area (TPSA) is 38.3 Å². The number of benzene rings is 2. The van der Waals surface area contributed by atoms with Crippen LogP contribution in [0.4, 0.5) is 5.69 Å². The summed E-state index contributed by atoms with van der Waals surface area (Å²) in [4.78, 5) is 12.0. The van der Waals surface area contributed by atoms with E-state index in [2.05, 4.69) is 17.5 Å². The molecule has 0 bridgehead atoms. The number of carbonyl (C=O) groups excluding carboxylic acids is 1. The van der Waals surface area contributed by atoms with Crippen molar-refractivity contribution in [1.82, 2.24) is 0 Å². The first-order valence-corrected chi connectivity index (χ1v) is 8.03. The Bertz CT molecular complexity index is 662. The van der Waals surface area contributed by atoms with Gasteiger partial charge in [0.15, 0.2) is 0 Å². The van der Waals surface area contributed by atoms with Crippen molar-refractivity contribution in [2.75, 3.05) is 5.32 Å². The molecule has 0 fully saturated rings. The summed E-state index contributed by atoms with van der Waals surface area (Å²) in [5, 5.41) is 2.94. The predicted octanol–water partition coefficient (Wildman–Crippen LogP) is 4.56. The number of rotatable bonds is 6. The van der Waals surface area contributed by atoms with Crippen LogP contribution in [0.1, 0.15) is 24.8 Å². The normalized spacial score (nSPS) is 16.3. The van der Waals surface area contributed by atoms with Crippen LogP contribution in [-0.2, 0) is 11.4 Å². The molecular weight excluding hydrogens is 286 g/mol. The highest BCUT2D eigenvalue weighted by Gasteiger charge is 2.13. The molecule has 0 heterocycles. The number of ether oxygens (including phenoxy) is 1. The number of hydrogen-bond donors (Lipinski definition) is 1. The molecule has 0 saturated carbocycles. The Balaban J connectivity index is 1.48. The highest BCUT2D eigenvalue weighted by atomic mass is 16.5. The maximum absolute atomic E-state index is 12.0. The molecule has 1 amide bonds. The quantitative estimate of drug-likeness (QED) is 0.794. The fourth-order valence-electron chi connectivity index (χ4n) is 2.69. The summed E-state index contributed by atoms with van der Waals surface area (Å²) in [6.07, 6.45) is 7.02. The fourth-order valence-corrected chi connectivity index (χ4v) is 2.69. The lowest BCUT2D eigenvalue weighted by atomic mass is 10.1. The summed E-state index contributed by atoms with van der Waals surface area (Å²) in [6, 6.07) is 17.6. The molecule has 1 N–H and O–H groups in total. The summed E-state index contributed by atoms with van der Waals surface area (Å²) in [5.41, 5.74) is 1.94. The van der Waals surface area contributed by atoms with Crippen molar-refractivity contribution in [2.24, 2.45) is 5.92 Å². The van der Waals surface area contributed by atoms with E-state index in [0.717, 1.165) is 29.8 Å². The lowest BCUT2D eigenvalue weighted by molar-refractivity contribution is -0.116. The number of nitrogens with one attached hydrogen (secondary N) is 1. The van der Waals surface area contributed by atoms with Crippen molar-refractivity contribution in [3.63, 3.8) is 0 Å². The maximum Gasteiger partial charge on any atom is 0.224 e. The van der Waals surface area contributed by atoms with Gasteiger partial charge in [-0.25, -0.2) is 0 Å². The van der Waals surface area contributed by atoms with E-state index in [1.165, 1.54) is 0 Å². The average Bonchev–Trinajstić information content (AvgIpc) is 3.08. The Hall–Kier alpha value is -2.55. The van der Waals surface area contributed by atoms with Crippen LogP contribution < -0.4 is 10.1 Å². The van der Waals surface area contributed by atoms with Crippen molar-refractivity contribution in [1.29, 1.82) is 0 Å². The van der Waals surface area contributed by atoms with Gasteiger partial charge in [-0.1, -0.05) is 42.5 Å². The molecule has 1 aliphatic rings. The van der Waals surface area contributed by atoms with E-state index in [1.54, 1.807) is 0 Å². The first-order chi connectivity index (χ1) is 11.3. The number of hydrogen-bond acceptors (Lipinski definition) is 2. The van der Waals surface area contributed by atoms with E-state index < -0.39 is 0 Å². The highest BCUT2D eigenvalue weighted by molar-refractivity contribution is 5.91. The number of carbonyl (C=O) groups is 1. The van der Waals surface area contributed by atoms with Crippen molar-refractivity contribution in [3.8, 4) is 5.75 Å². The van der Waals surface area contributed by atoms with Gasteiger partial charge in [-0.15, -0.1) is 0 Å². The van der Waals surface area contributed by atoms with Crippen LogP contribution in [0.5, 0.6) is 5.75 Å². The van der Waals surface area contributed by atoms with E-state index in [0.29, 0.717) is 18.9 Å². The molecule has 0 saturated heterocycles. The van der Waals surface area contributed by atoms with E-state index in [4.69, 9.17) is 4.74 Å². The van der Waals surface area contributed by atoms with Crippen LogP contribution in [0.2, 0.25) is 0 Å². The molecule has 2 aromatic rings. The summed E-state index contributed by atoms with van der Waals surface area (Å²) in [6.45, 7) is 0.542. The molecule has 3 nitrogen and oxygen atoms in total. The molecule has 0 radical (unpaired) electrons. The SMILES string of the molecule is O=C(C[C@H]1C=CCC1)Nc1ccc(OCc2ccccc2)cc1. The minimum atomic E-state index is 0.0690. The Labute approximate surface area is 137 Å². The summed E-state index contributed by atoms with van der Waals surface area (Å²) < 4.78 is 5.74. The Morgan fingerprint density at radius 3 is 2.57 bits per heavy atom. The first-order valence-electron chi connectivity index (χ1n) is 8.03. The van der Waals surface area contributed by atoms with Gasteiger partial charge in [0, 0.05) is 12.1 Å². The highest BCUT2D eigenvalue weighted by Crippen LogP contribution is 2.22. The minimum absolute atomic E-state index is 0.0690. The standard InChI is InChI=1S/C20H21NO2/c22-20(14-16-6-4-5-7-16)21-18-10-12-19(13-11-18)23-15-17-8-2-1-3-9-17/h1-4,6,8-13,16H,5,7,14-15H2,(H,21,22)/t16-/m0/s1. The van der Waals surface area contributed by atoms with Gasteiger partial charge in [0.1, 0.15) is 12.4 Å². The van der Waals surface area contributed by atoms with Gasteiger partial charge in [0.2, 0.25) is 5.91 Å². The third-order valence-corrected chi connectivity index (χ3v) is 3.95. The van der Waals surface area contributed by atoms with Crippen molar-refractivity contribution < 1.29 is 9.53 Å². The summed E-state index contributed by atoms with van der Waals surface area (Å²) in [5.74, 6) is 1.26. The van der Waals surface area contributed by atoms with Gasteiger partial charge < -0.3 is 10.1 Å². The van der Waals surface area contributed by atoms with Crippen LogP contribution in [0, 0.1) is 5.92 Å². The van der Waals surface area contributed by atoms with Crippen LogP contribution in [-0.4, -0.2) is 5.91 Å². The number of allylic oxidation sites excluding steroid dienone is 2. The second kappa shape index (κ2) is 7.63. The summed E-state index contributed by atoms with van der Waals surface area (Å²) in [7, 11) is 0. The maximum atomic E-state index is 12.0. The Morgan fingerprint density at radius 2 is 1.87 bits per heavy atom. The zero-order valence-corrected chi connectivity index (χ0v) is 13.1. The molecular formula is C20H21NO2. The van der Waals surface area contributed by atoms with Crippen LogP contribution >= 0.6 is 0 Å². The second-order valence-corrected chi connectivity index (χ2v) is 5.82. The molecule has 0 spiro atoms. The number of amides is 1. The Kier molecular flexibility index (Phi) is 5.09. The molecule has 2 aromatic carbocycles. The molecule has 3 rings (SSSR count). The zero-order chi connectivity index (χ0) is 15.9. The van der Waals surface area contributed by atoms with E-state index in [-0.39, 0.29) is 5.91 Å². The van der Waals surface area contributed by atoms with E-state index in [9.17, 15) is 4.79 Å². The fraction of sp³-hybridized carbons (Fsp3) is 0.250. The van der Waals surface area contributed by atoms with Gasteiger partial charge in [0.25, 0.3) is 0 Å². The van der Waals surface area contributed by atoms with Gasteiger partial charge in [0.05, 0.1) is 0 Å². The van der Waals surface area contributed by atoms with Crippen LogP contribution in [0.15, 0.2) is 66.7 Å². The Morgan fingerprint density at radius 1 is 1.09 bits per heavy atom. The van der Waals surface area contributed by atoms with Crippen molar-refractivity contribution in [2.45, 2.75) is 25.9 Å². The van der Waals surface area contributed by atoms with E-state index in [1.807, 2.05) is 54.6 Å².